The molecule has 0 saturated heterocycles. The van der Waals surface area contributed by atoms with E-state index < -0.39 is 0 Å². The first-order chi connectivity index (χ1) is 7.31. The van der Waals surface area contributed by atoms with E-state index in [9.17, 15) is 4.79 Å². The van der Waals surface area contributed by atoms with Gasteiger partial charge in [0.1, 0.15) is 12.9 Å². The second kappa shape index (κ2) is 4.49. The fourth-order valence-electron chi connectivity index (χ4n) is 1.98. The van der Waals surface area contributed by atoms with Crippen LogP contribution in [0.25, 0.3) is 0 Å². The van der Waals surface area contributed by atoms with Crippen molar-refractivity contribution < 1.29 is 9.53 Å². The van der Waals surface area contributed by atoms with Crippen LogP contribution in [0.1, 0.15) is 23.4 Å². The topological polar surface area (TPSA) is 52.1 Å². The molecule has 1 aromatic rings. The normalized spacial score (nSPS) is 13.9. The molecule has 0 atom stereocenters. The van der Waals surface area contributed by atoms with E-state index in [-0.39, 0.29) is 12.4 Å². The van der Waals surface area contributed by atoms with Gasteiger partial charge in [-0.3, -0.25) is 4.79 Å². The quantitative estimate of drug-likeness (QED) is 0.728. The van der Waals surface area contributed by atoms with Gasteiger partial charge in [-0.15, -0.1) is 0 Å². The van der Waals surface area contributed by atoms with Gasteiger partial charge >= 0.3 is 0 Å². The number of carbonyl (C=O) groups excluding carboxylic acids is 1. The van der Waals surface area contributed by atoms with Crippen LogP contribution >= 0.6 is 0 Å². The van der Waals surface area contributed by atoms with Crippen molar-refractivity contribution in [2.24, 2.45) is 0 Å². The average Bonchev–Trinajstić information content (AvgIpc) is 2.67. The Hall–Kier alpha value is -1.29. The Balaban J connectivity index is 2.15. The molecular weight excluding hydrogens is 192 g/mol. The number of methoxy groups -OCH3 is 1. The Morgan fingerprint density at radius 3 is 3.13 bits per heavy atom. The third-order valence-corrected chi connectivity index (χ3v) is 2.63. The number of ether oxygens (including phenoxy) is 1. The van der Waals surface area contributed by atoms with Crippen LogP contribution in [0.2, 0.25) is 0 Å². The van der Waals surface area contributed by atoms with Crippen molar-refractivity contribution in [3.8, 4) is 0 Å². The van der Waals surface area contributed by atoms with Crippen LogP contribution in [0.15, 0.2) is 6.33 Å². The van der Waals surface area contributed by atoms with E-state index >= 15 is 0 Å². The summed E-state index contributed by atoms with van der Waals surface area (Å²) in [5.41, 5.74) is 3.19. The standard InChI is InChI=1S/C11H14N2O2/c1-15-6-8(14)5-11-9-3-2-4-10(9)12-7-13-11/h7H,2-6H2,1H3. The molecule has 0 amide bonds. The second-order valence-corrected chi connectivity index (χ2v) is 3.75. The van der Waals surface area contributed by atoms with Crippen LogP contribution in [0.5, 0.6) is 0 Å². The lowest BCUT2D eigenvalue weighted by molar-refractivity contribution is -0.122. The molecule has 1 aliphatic rings. The van der Waals surface area contributed by atoms with E-state index in [1.54, 1.807) is 6.33 Å². The molecule has 1 heterocycles. The summed E-state index contributed by atoms with van der Waals surface area (Å²) >= 11 is 0. The average molecular weight is 206 g/mol. The van der Waals surface area contributed by atoms with E-state index in [0.29, 0.717) is 6.42 Å². The smallest absolute Gasteiger partial charge is 0.164 e. The highest BCUT2D eigenvalue weighted by Gasteiger charge is 2.18. The molecule has 0 aromatic carbocycles. The van der Waals surface area contributed by atoms with Gasteiger partial charge < -0.3 is 4.74 Å². The number of hydrogen-bond acceptors (Lipinski definition) is 4. The molecule has 4 heteroatoms. The maximum absolute atomic E-state index is 11.4. The highest BCUT2D eigenvalue weighted by Crippen LogP contribution is 2.21. The van der Waals surface area contributed by atoms with E-state index in [4.69, 9.17) is 4.74 Å². The van der Waals surface area contributed by atoms with Crippen LogP contribution in [0.4, 0.5) is 0 Å². The van der Waals surface area contributed by atoms with E-state index in [0.717, 1.165) is 30.7 Å². The number of Topliss-reactive ketones (excluding diaryl/α,β-unsaturated/α-hetero) is 1. The minimum Gasteiger partial charge on any atom is -0.377 e. The molecule has 4 nitrogen and oxygen atoms in total. The summed E-state index contributed by atoms with van der Waals surface area (Å²) in [4.78, 5) is 19.8. The number of carbonyl (C=O) groups is 1. The van der Waals surface area contributed by atoms with Gasteiger partial charge in [0, 0.05) is 12.8 Å². The molecule has 80 valence electrons. The van der Waals surface area contributed by atoms with Gasteiger partial charge in [0.25, 0.3) is 0 Å². The minimum absolute atomic E-state index is 0.0744. The molecule has 2 rings (SSSR count). The Morgan fingerprint density at radius 1 is 1.47 bits per heavy atom. The number of hydrogen-bond donors (Lipinski definition) is 0. The summed E-state index contributed by atoms with van der Waals surface area (Å²) in [5.74, 6) is 0.0744. The molecule has 0 N–H and O–H groups in total. The zero-order chi connectivity index (χ0) is 10.7. The van der Waals surface area contributed by atoms with Crippen molar-refractivity contribution in [3.63, 3.8) is 0 Å². The molecule has 1 aromatic heterocycles. The molecule has 0 bridgehead atoms. The number of aryl methyl sites for hydroxylation is 1. The van der Waals surface area contributed by atoms with Crippen molar-refractivity contribution in [1.82, 2.24) is 9.97 Å². The number of nitrogens with zero attached hydrogens (tertiary/aromatic N) is 2. The number of fused-ring (bicyclic) bond motifs is 1. The van der Waals surface area contributed by atoms with Gasteiger partial charge in [0.2, 0.25) is 0 Å². The lowest BCUT2D eigenvalue weighted by atomic mass is 10.1. The Bertz CT molecular complexity index is 377. The van der Waals surface area contributed by atoms with Crippen molar-refractivity contribution in [3.05, 3.63) is 23.3 Å². The summed E-state index contributed by atoms with van der Waals surface area (Å²) < 4.78 is 4.80. The molecule has 15 heavy (non-hydrogen) atoms. The Kier molecular flexibility index (Phi) is 3.06. The molecule has 0 saturated carbocycles. The zero-order valence-corrected chi connectivity index (χ0v) is 8.82. The number of rotatable bonds is 4. The fourth-order valence-corrected chi connectivity index (χ4v) is 1.98. The zero-order valence-electron chi connectivity index (χ0n) is 8.82. The largest absolute Gasteiger partial charge is 0.377 e. The first kappa shape index (κ1) is 10.2. The molecule has 0 spiro atoms. The van der Waals surface area contributed by atoms with Crippen molar-refractivity contribution >= 4 is 5.78 Å². The lowest BCUT2D eigenvalue weighted by Gasteiger charge is -2.05. The summed E-state index contributed by atoms with van der Waals surface area (Å²) in [7, 11) is 1.53. The van der Waals surface area contributed by atoms with E-state index in [1.807, 2.05) is 0 Å². The first-order valence-corrected chi connectivity index (χ1v) is 5.13. The van der Waals surface area contributed by atoms with Gasteiger partial charge in [-0.2, -0.15) is 0 Å². The predicted octanol–water partition coefficient (Wildman–Crippen LogP) is 0.723. The summed E-state index contributed by atoms with van der Waals surface area (Å²) in [6, 6.07) is 0. The molecule has 0 aliphatic heterocycles. The second-order valence-electron chi connectivity index (χ2n) is 3.75. The van der Waals surface area contributed by atoms with Gasteiger partial charge in [-0.25, -0.2) is 9.97 Å². The van der Waals surface area contributed by atoms with Crippen LogP contribution in [0.3, 0.4) is 0 Å². The Labute approximate surface area is 88.7 Å². The number of aromatic nitrogens is 2. The predicted molar refractivity (Wildman–Crippen MR) is 54.6 cm³/mol. The minimum atomic E-state index is 0.0744. The van der Waals surface area contributed by atoms with Crippen LogP contribution in [-0.4, -0.2) is 29.5 Å². The monoisotopic (exact) mass is 206 g/mol. The first-order valence-electron chi connectivity index (χ1n) is 5.13. The summed E-state index contributed by atoms with van der Waals surface area (Å²) in [5, 5.41) is 0. The molecule has 0 radical (unpaired) electrons. The molecule has 1 aliphatic carbocycles. The maximum Gasteiger partial charge on any atom is 0.164 e. The van der Waals surface area contributed by atoms with Crippen molar-refractivity contribution in [1.29, 1.82) is 0 Å². The van der Waals surface area contributed by atoms with Gasteiger partial charge in [0.05, 0.1) is 12.1 Å². The third kappa shape index (κ3) is 2.21. The molecule has 0 unspecified atom stereocenters. The van der Waals surface area contributed by atoms with Crippen molar-refractivity contribution in [2.45, 2.75) is 25.7 Å². The number of ketones is 1. The fraction of sp³-hybridized carbons (Fsp3) is 0.545. The highest BCUT2D eigenvalue weighted by molar-refractivity contribution is 5.82. The van der Waals surface area contributed by atoms with Crippen LogP contribution in [-0.2, 0) is 28.8 Å². The van der Waals surface area contributed by atoms with E-state index in [1.165, 1.54) is 12.7 Å². The van der Waals surface area contributed by atoms with Gasteiger partial charge in [-0.05, 0) is 24.8 Å². The lowest BCUT2D eigenvalue weighted by Crippen LogP contribution is -2.12. The van der Waals surface area contributed by atoms with Gasteiger partial charge in [-0.1, -0.05) is 0 Å². The Morgan fingerprint density at radius 2 is 2.33 bits per heavy atom. The summed E-state index contributed by atoms with van der Waals surface area (Å²) in [6.07, 6.45) is 5.08. The summed E-state index contributed by atoms with van der Waals surface area (Å²) in [6.45, 7) is 0.165. The van der Waals surface area contributed by atoms with Crippen molar-refractivity contribution in [2.75, 3.05) is 13.7 Å². The third-order valence-electron chi connectivity index (χ3n) is 2.63. The van der Waals surface area contributed by atoms with Crippen LogP contribution < -0.4 is 0 Å². The maximum atomic E-state index is 11.4. The van der Waals surface area contributed by atoms with E-state index in [2.05, 4.69) is 9.97 Å². The van der Waals surface area contributed by atoms with Crippen LogP contribution in [0, 0.1) is 0 Å². The SMILES string of the molecule is COCC(=O)Cc1ncnc2c1CCC2. The molecular formula is C11H14N2O2. The molecule has 0 fully saturated rings. The van der Waals surface area contributed by atoms with Gasteiger partial charge in [0.15, 0.2) is 5.78 Å². The highest BCUT2D eigenvalue weighted by atomic mass is 16.5.